The molecule has 0 saturated carbocycles. The number of allylic oxidation sites excluding steroid dienone is 2. The van der Waals surface area contributed by atoms with E-state index in [4.69, 9.17) is 9.72 Å². The largest absolute Gasteiger partial charge is 0.494 e. The maximum absolute atomic E-state index is 13.4. The van der Waals surface area contributed by atoms with Crippen LogP contribution in [0.5, 0.6) is 5.75 Å². The Balaban J connectivity index is 1.44. The molecule has 2 aromatic heterocycles. The lowest BCUT2D eigenvalue weighted by Crippen LogP contribution is -2.08. The average Bonchev–Trinajstić information content (AvgIpc) is 3.35. The van der Waals surface area contributed by atoms with Crippen LogP contribution >= 0.6 is 0 Å². The number of hydrogen-bond acceptors (Lipinski definition) is 5. The predicted octanol–water partition coefficient (Wildman–Crippen LogP) is 4.76. The first-order valence-electron chi connectivity index (χ1n) is 10.4. The molecule has 1 aliphatic heterocycles. The monoisotopic (exact) mass is 430 g/mol. The summed E-state index contributed by atoms with van der Waals surface area (Å²) in [5.74, 6) is 1.83. The summed E-state index contributed by atoms with van der Waals surface area (Å²) in [4.78, 5) is 9.06. The molecule has 5 rings (SSSR count). The zero-order valence-electron chi connectivity index (χ0n) is 17.9. The number of imidazole rings is 1. The van der Waals surface area contributed by atoms with E-state index in [1.165, 1.54) is 12.1 Å². The molecular weight excluding hydrogens is 407 g/mol. The lowest BCUT2D eigenvalue weighted by molar-refractivity contribution is 0.413. The molecule has 8 heteroatoms. The Kier molecular flexibility index (Phi) is 5.18. The number of nitrogens with one attached hydrogen (secondary N) is 1. The molecule has 4 aromatic rings. The second-order valence-corrected chi connectivity index (χ2v) is 7.72. The van der Waals surface area contributed by atoms with E-state index < -0.39 is 0 Å². The van der Waals surface area contributed by atoms with E-state index in [2.05, 4.69) is 27.6 Å². The molecule has 1 atom stereocenters. The van der Waals surface area contributed by atoms with Crippen LogP contribution in [0.4, 0.5) is 16.0 Å². The Labute approximate surface area is 185 Å². The van der Waals surface area contributed by atoms with Gasteiger partial charge in [-0.3, -0.25) is 0 Å². The summed E-state index contributed by atoms with van der Waals surface area (Å²) in [6.07, 6.45) is 8.70. The molecule has 0 amide bonds. The summed E-state index contributed by atoms with van der Waals surface area (Å²) in [6.45, 7) is 2.59. The van der Waals surface area contributed by atoms with Crippen LogP contribution in [0.25, 0.3) is 5.69 Å². The van der Waals surface area contributed by atoms with E-state index >= 15 is 0 Å². The highest BCUT2D eigenvalue weighted by Gasteiger charge is 2.23. The van der Waals surface area contributed by atoms with Gasteiger partial charge < -0.3 is 14.6 Å². The number of ether oxygens (including phenoxy) is 1. The molecule has 0 saturated heterocycles. The smallest absolute Gasteiger partial charge is 0.246 e. The zero-order valence-corrected chi connectivity index (χ0v) is 17.9. The first-order chi connectivity index (χ1) is 15.6. The molecule has 2 aromatic carbocycles. The van der Waals surface area contributed by atoms with Crippen molar-refractivity contribution in [3.8, 4) is 11.4 Å². The number of anilines is 2. The lowest BCUT2D eigenvalue weighted by Gasteiger charge is -2.13. The van der Waals surface area contributed by atoms with Gasteiger partial charge in [-0.2, -0.15) is 4.98 Å². The molecule has 0 radical (unpaired) electrons. The number of benzene rings is 2. The van der Waals surface area contributed by atoms with Gasteiger partial charge in [-0.25, -0.2) is 14.1 Å². The van der Waals surface area contributed by atoms with Gasteiger partial charge in [0, 0.05) is 23.9 Å². The van der Waals surface area contributed by atoms with Gasteiger partial charge in [0.1, 0.15) is 17.4 Å². The van der Waals surface area contributed by atoms with Gasteiger partial charge in [0.05, 0.1) is 31.4 Å². The van der Waals surface area contributed by atoms with Crippen LogP contribution in [-0.2, 0) is 6.54 Å². The van der Waals surface area contributed by atoms with E-state index in [0.717, 1.165) is 34.9 Å². The van der Waals surface area contributed by atoms with Crippen LogP contribution in [0.2, 0.25) is 0 Å². The summed E-state index contributed by atoms with van der Waals surface area (Å²) in [5.41, 5.74) is 3.66. The highest BCUT2D eigenvalue weighted by Crippen LogP contribution is 2.32. The fourth-order valence-electron chi connectivity index (χ4n) is 3.94. The Hall–Kier alpha value is -3.94. The summed E-state index contributed by atoms with van der Waals surface area (Å²) >= 11 is 0. The molecule has 0 unspecified atom stereocenters. The average molecular weight is 430 g/mol. The van der Waals surface area contributed by atoms with Crippen molar-refractivity contribution >= 4 is 11.6 Å². The van der Waals surface area contributed by atoms with Gasteiger partial charge in [0.2, 0.25) is 5.95 Å². The van der Waals surface area contributed by atoms with Crippen LogP contribution in [0.15, 0.2) is 67.1 Å². The minimum atomic E-state index is -0.245. The third kappa shape index (κ3) is 3.87. The van der Waals surface area contributed by atoms with Gasteiger partial charge >= 0.3 is 0 Å². The van der Waals surface area contributed by atoms with Gasteiger partial charge in [0.15, 0.2) is 0 Å². The third-order valence-corrected chi connectivity index (χ3v) is 5.53. The van der Waals surface area contributed by atoms with E-state index in [0.29, 0.717) is 18.2 Å². The Morgan fingerprint density at radius 2 is 1.97 bits per heavy atom. The van der Waals surface area contributed by atoms with Crippen LogP contribution in [0.1, 0.15) is 29.4 Å². The lowest BCUT2D eigenvalue weighted by atomic mass is 9.95. The molecule has 0 spiro atoms. The number of halogens is 1. The van der Waals surface area contributed by atoms with Crippen molar-refractivity contribution in [2.45, 2.75) is 25.8 Å². The Morgan fingerprint density at radius 3 is 2.72 bits per heavy atom. The van der Waals surface area contributed by atoms with Crippen molar-refractivity contribution in [2.75, 3.05) is 12.4 Å². The van der Waals surface area contributed by atoms with Gasteiger partial charge in [-0.1, -0.05) is 24.3 Å². The summed E-state index contributed by atoms with van der Waals surface area (Å²) < 4.78 is 22.8. The second kappa shape index (κ2) is 8.30. The van der Waals surface area contributed by atoms with Crippen molar-refractivity contribution < 1.29 is 9.13 Å². The number of methoxy groups -OCH3 is 1. The molecular formula is C24H23FN6O. The molecule has 0 bridgehead atoms. The highest BCUT2D eigenvalue weighted by molar-refractivity contribution is 5.62. The van der Waals surface area contributed by atoms with Crippen molar-refractivity contribution in [3.05, 3.63) is 90.0 Å². The second-order valence-electron chi connectivity index (χ2n) is 7.72. The minimum Gasteiger partial charge on any atom is -0.494 e. The molecule has 3 heterocycles. The molecule has 0 fully saturated rings. The van der Waals surface area contributed by atoms with Crippen LogP contribution in [-0.4, -0.2) is 31.4 Å². The number of rotatable bonds is 5. The molecule has 1 aliphatic rings. The third-order valence-electron chi connectivity index (χ3n) is 5.53. The predicted molar refractivity (Wildman–Crippen MR) is 120 cm³/mol. The molecule has 7 nitrogen and oxygen atoms in total. The van der Waals surface area contributed by atoms with Crippen molar-refractivity contribution in [3.63, 3.8) is 0 Å². The van der Waals surface area contributed by atoms with Gasteiger partial charge in [0.25, 0.3) is 0 Å². The van der Waals surface area contributed by atoms with Crippen LogP contribution in [0, 0.1) is 12.7 Å². The summed E-state index contributed by atoms with van der Waals surface area (Å²) in [6, 6.07) is 12.4. The summed E-state index contributed by atoms with van der Waals surface area (Å²) in [7, 11) is 1.64. The number of fused-ring (bicyclic) bond motifs is 1. The molecule has 0 aliphatic carbocycles. The van der Waals surface area contributed by atoms with E-state index in [-0.39, 0.29) is 11.7 Å². The van der Waals surface area contributed by atoms with Gasteiger partial charge in [-0.05, 0) is 43.2 Å². The number of aromatic nitrogens is 5. The number of aryl methyl sites for hydroxylation is 1. The molecule has 162 valence electrons. The highest BCUT2D eigenvalue weighted by atomic mass is 19.1. The van der Waals surface area contributed by atoms with Gasteiger partial charge in [-0.15, -0.1) is 5.10 Å². The van der Waals surface area contributed by atoms with Crippen molar-refractivity contribution in [1.29, 1.82) is 0 Å². The molecule has 32 heavy (non-hydrogen) atoms. The van der Waals surface area contributed by atoms with Crippen LogP contribution in [0.3, 0.4) is 0 Å². The quantitative estimate of drug-likeness (QED) is 0.463. The van der Waals surface area contributed by atoms with E-state index in [1.807, 2.05) is 52.7 Å². The van der Waals surface area contributed by atoms with Crippen molar-refractivity contribution in [1.82, 2.24) is 24.3 Å². The Morgan fingerprint density at radius 1 is 1.12 bits per heavy atom. The van der Waals surface area contributed by atoms with Crippen LogP contribution < -0.4 is 10.1 Å². The number of hydrogen-bond donors (Lipinski definition) is 1. The normalized spacial score (nSPS) is 15.3. The first-order valence-corrected chi connectivity index (χ1v) is 10.4. The maximum atomic E-state index is 13.4. The van der Waals surface area contributed by atoms with E-state index in [1.54, 1.807) is 13.4 Å². The minimum absolute atomic E-state index is 0.0128. The fourth-order valence-corrected chi connectivity index (χ4v) is 3.94. The zero-order chi connectivity index (χ0) is 22.1. The Bertz CT molecular complexity index is 1270. The SMILES string of the molecule is COc1cc(Nc2nc3n(n2)CC=CC[C@@H]3c2ccc(F)cc2)ccc1-n1cnc(C)c1. The fraction of sp³-hybridized carbons (Fsp3) is 0.208. The number of nitrogens with zero attached hydrogens (tertiary/aromatic N) is 5. The van der Waals surface area contributed by atoms with Crippen molar-refractivity contribution in [2.24, 2.45) is 0 Å². The van der Waals surface area contributed by atoms with E-state index in [9.17, 15) is 4.39 Å². The maximum Gasteiger partial charge on any atom is 0.246 e. The summed E-state index contributed by atoms with van der Waals surface area (Å²) in [5, 5.41) is 7.94. The topological polar surface area (TPSA) is 69.8 Å². The standard InChI is InChI=1S/C24H23FN6O/c1-16-14-30(15-26-16)21-11-10-19(13-22(21)32-2)27-24-28-23-20(5-3-4-12-31(23)29-24)17-6-8-18(25)9-7-17/h3-4,6-11,13-15,20H,5,12H2,1-2H3,(H,27,29)/t20-/m1/s1. The first kappa shape index (κ1) is 20.0. The molecule has 1 N–H and O–H groups in total.